The van der Waals surface area contributed by atoms with Crippen molar-refractivity contribution < 1.29 is 18.7 Å². The van der Waals surface area contributed by atoms with Gasteiger partial charge in [-0.3, -0.25) is 19.6 Å². The highest BCUT2D eigenvalue weighted by Gasteiger charge is 2.30. The molecule has 8 nitrogen and oxygen atoms in total. The number of benzene rings is 1. The first-order chi connectivity index (χ1) is 18.0. The molecule has 1 atom stereocenters. The van der Waals surface area contributed by atoms with Crippen LogP contribution in [0.4, 0.5) is 15.0 Å². The van der Waals surface area contributed by atoms with Gasteiger partial charge in [0.05, 0.1) is 11.3 Å². The van der Waals surface area contributed by atoms with E-state index in [1.54, 1.807) is 42.4 Å². The maximum absolute atomic E-state index is 13.5. The first-order valence-corrected chi connectivity index (χ1v) is 12.7. The first kappa shape index (κ1) is 27.2. The molecule has 200 valence electrons. The number of pyridine rings is 2. The van der Waals surface area contributed by atoms with Crippen LogP contribution < -0.4 is 4.90 Å². The minimum absolute atomic E-state index is 0.0375. The van der Waals surface area contributed by atoms with Crippen molar-refractivity contribution in [1.29, 1.82) is 0 Å². The van der Waals surface area contributed by atoms with E-state index in [1.165, 1.54) is 23.2 Å². The van der Waals surface area contributed by atoms with Crippen molar-refractivity contribution in [2.24, 2.45) is 0 Å². The Morgan fingerprint density at radius 1 is 1.08 bits per heavy atom. The van der Waals surface area contributed by atoms with Gasteiger partial charge in [-0.2, -0.15) is 0 Å². The number of carbonyl (C=O) groups is 2. The highest BCUT2D eigenvalue weighted by Crippen LogP contribution is 2.21. The molecule has 1 aromatic carbocycles. The van der Waals surface area contributed by atoms with Crippen LogP contribution in [0.25, 0.3) is 11.3 Å². The zero-order valence-electron chi connectivity index (χ0n) is 22.5. The molecule has 2 aromatic heterocycles. The average molecular weight is 520 g/mol. The van der Waals surface area contributed by atoms with Gasteiger partial charge < -0.3 is 9.64 Å². The molecule has 4 rings (SSSR count). The summed E-state index contributed by atoms with van der Waals surface area (Å²) in [6, 6.07) is 13.4. The van der Waals surface area contributed by atoms with Crippen LogP contribution in [0.1, 0.15) is 43.6 Å². The number of rotatable bonds is 5. The summed E-state index contributed by atoms with van der Waals surface area (Å²) in [4.78, 5) is 39.8. The number of aromatic nitrogens is 2. The monoisotopic (exact) mass is 519 g/mol. The van der Waals surface area contributed by atoms with Crippen LogP contribution >= 0.6 is 0 Å². The second-order valence-electron chi connectivity index (χ2n) is 10.6. The summed E-state index contributed by atoms with van der Waals surface area (Å²) in [7, 11) is 1.67. The molecule has 3 heterocycles. The summed E-state index contributed by atoms with van der Waals surface area (Å²) in [6.45, 7) is 10.4. The van der Waals surface area contributed by atoms with Crippen LogP contribution in [0.3, 0.4) is 0 Å². The van der Waals surface area contributed by atoms with Crippen LogP contribution in [0.5, 0.6) is 0 Å². The summed E-state index contributed by atoms with van der Waals surface area (Å²) in [5.41, 5.74) is 2.16. The number of anilines is 1. The minimum Gasteiger partial charge on any atom is -0.444 e. The number of ether oxygens (including phenoxy) is 1. The fraction of sp³-hybridized carbons (Fsp3) is 0.379. The summed E-state index contributed by atoms with van der Waals surface area (Å²) in [5, 5.41) is 0. The zero-order chi connectivity index (χ0) is 27.4. The van der Waals surface area contributed by atoms with Gasteiger partial charge in [-0.05, 0) is 63.6 Å². The third-order valence-electron chi connectivity index (χ3n) is 6.33. The fourth-order valence-corrected chi connectivity index (χ4v) is 4.37. The largest absolute Gasteiger partial charge is 0.444 e. The van der Waals surface area contributed by atoms with Gasteiger partial charge in [0.2, 0.25) is 0 Å². The fourth-order valence-electron chi connectivity index (χ4n) is 4.37. The lowest BCUT2D eigenvalue weighted by Crippen LogP contribution is -2.54. The molecule has 2 amide bonds. The van der Waals surface area contributed by atoms with Crippen molar-refractivity contribution in [2.75, 3.05) is 31.6 Å². The van der Waals surface area contributed by atoms with Crippen LogP contribution in [-0.2, 0) is 11.3 Å². The van der Waals surface area contributed by atoms with Crippen LogP contribution in [0.2, 0.25) is 0 Å². The second kappa shape index (κ2) is 11.3. The highest BCUT2D eigenvalue weighted by molar-refractivity contribution is 6.05. The number of nitrogens with zero attached hydrogens (tertiary/aromatic N) is 5. The molecule has 0 N–H and O–H groups in total. The molecule has 1 saturated heterocycles. The van der Waals surface area contributed by atoms with Gasteiger partial charge in [-0.15, -0.1) is 0 Å². The minimum atomic E-state index is -0.515. The average Bonchev–Trinajstić information content (AvgIpc) is 2.87. The molecule has 9 heteroatoms. The molecule has 0 bridgehead atoms. The third kappa shape index (κ3) is 6.72. The Morgan fingerprint density at radius 3 is 2.47 bits per heavy atom. The summed E-state index contributed by atoms with van der Waals surface area (Å²) >= 11 is 0. The van der Waals surface area contributed by atoms with Crippen molar-refractivity contribution in [3.63, 3.8) is 0 Å². The molecule has 0 spiro atoms. The van der Waals surface area contributed by atoms with Crippen molar-refractivity contribution >= 4 is 17.8 Å². The number of piperazine rings is 1. The topological polar surface area (TPSA) is 78.9 Å². The van der Waals surface area contributed by atoms with Crippen molar-refractivity contribution in [1.82, 2.24) is 19.8 Å². The lowest BCUT2D eigenvalue weighted by molar-refractivity contribution is 0.000539. The molecule has 0 saturated carbocycles. The van der Waals surface area contributed by atoms with E-state index in [1.807, 2.05) is 39.8 Å². The summed E-state index contributed by atoms with van der Waals surface area (Å²) in [6.07, 6.45) is 2.99. The van der Waals surface area contributed by atoms with Gasteiger partial charge in [0.1, 0.15) is 17.2 Å². The number of carbonyl (C=O) groups excluding carboxylic acids is 2. The Bertz CT molecular complexity index is 1270. The van der Waals surface area contributed by atoms with E-state index in [2.05, 4.69) is 14.9 Å². The summed E-state index contributed by atoms with van der Waals surface area (Å²) < 4.78 is 19.0. The lowest BCUT2D eigenvalue weighted by Gasteiger charge is -2.40. The zero-order valence-corrected chi connectivity index (χ0v) is 22.5. The molecule has 3 aromatic rings. The molecular formula is C29H34FN5O3. The first-order valence-electron chi connectivity index (χ1n) is 12.7. The molecule has 38 heavy (non-hydrogen) atoms. The number of hydrogen-bond acceptors (Lipinski definition) is 6. The standard InChI is InChI=1S/C29H34FN5O3/c1-20-18-34(13-14-35(20)28(37)38-29(2,3)4)19-21-9-12-26(32-16-21)33(5)27(36)23-10-11-25(31-17-23)22-7-6-8-24(30)15-22/h6-12,15-17,20H,13-14,18-19H2,1-5H3/t20-/m0/s1. The van der Waals surface area contributed by atoms with E-state index >= 15 is 0 Å². The van der Waals surface area contributed by atoms with Gasteiger partial charge in [-0.1, -0.05) is 18.2 Å². The summed E-state index contributed by atoms with van der Waals surface area (Å²) in [5.74, 6) is -0.0528. The van der Waals surface area contributed by atoms with Crippen LogP contribution in [0.15, 0.2) is 60.9 Å². The molecule has 1 fully saturated rings. The third-order valence-corrected chi connectivity index (χ3v) is 6.33. The van der Waals surface area contributed by atoms with E-state index in [0.29, 0.717) is 35.7 Å². The maximum atomic E-state index is 13.5. The second-order valence-corrected chi connectivity index (χ2v) is 10.6. The molecule has 0 radical (unpaired) electrons. The molecule has 0 unspecified atom stereocenters. The van der Waals surface area contributed by atoms with E-state index < -0.39 is 5.60 Å². The Labute approximate surface area is 223 Å². The Hall–Kier alpha value is -3.85. The van der Waals surface area contributed by atoms with Gasteiger partial charge in [0, 0.05) is 57.2 Å². The van der Waals surface area contributed by atoms with E-state index in [0.717, 1.165) is 18.7 Å². The quantitative estimate of drug-likeness (QED) is 0.472. The predicted molar refractivity (Wildman–Crippen MR) is 144 cm³/mol. The molecule has 0 aliphatic carbocycles. The van der Waals surface area contributed by atoms with Crippen LogP contribution in [0, 0.1) is 5.82 Å². The van der Waals surface area contributed by atoms with Gasteiger partial charge >= 0.3 is 6.09 Å². The Balaban J connectivity index is 1.33. The van der Waals surface area contributed by atoms with Crippen molar-refractivity contribution in [3.05, 3.63) is 77.9 Å². The van der Waals surface area contributed by atoms with Gasteiger partial charge in [-0.25, -0.2) is 14.2 Å². The van der Waals surface area contributed by atoms with Gasteiger partial charge in [0.25, 0.3) is 5.91 Å². The van der Waals surface area contributed by atoms with E-state index in [4.69, 9.17) is 4.74 Å². The highest BCUT2D eigenvalue weighted by atomic mass is 19.1. The molecule has 1 aliphatic rings. The number of amides is 2. The predicted octanol–water partition coefficient (Wildman–Crippen LogP) is 5.00. The van der Waals surface area contributed by atoms with E-state index in [9.17, 15) is 14.0 Å². The van der Waals surface area contributed by atoms with Crippen molar-refractivity contribution in [2.45, 2.75) is 45.9 Å². The maximum Gasteiger partial charge on any atom is 0.410 e. The van der Waals surface area contributed by atoms with E-state index in [-0.39, 0.29) is 23.9 Å². The SMILES string of the molecule is C[C@H]1CN(Cc2ccc(N(C)C(=O)c3ccc(-c4cccc(F)c4)nc3)nc2)CCN1C(=O)OC(C)(C)C. The normalized spacial score (nSPS) is 16.3. The Kier molecular flexibility index (Phi) is 8.06. The molecule has 1 aliphatic heterocycles. The number of halogens is 1. The lowest BCUT2D eigenvalue weighted by atomic mass is 10.1. The van der Waals surface area contributed by atoms with Crippen molar-refractivity contribution in [3.8, 4) is 11.3 Å². The van der Waals surface area contributed by atoms with Crippen LogP contribution in [-0.4, -0.2) is 70.1 Å². The smallest absolute Gasteiger partial charge is 0.410 e. The Morgan fingerprint density at radius 2 is 1.87 bits per heavy atom. The molecular weight excluding hydrogens is 485 g/mol. The number of hydrogen-bond donors (Lipinski definition) is 0. The van der Waals surface area contributed by atoms with Gasteiger partial charge in [0.15, 0.2) is 0 Å².